The molecule has 122 valence electrons. The molecule has 0 radical (unpaired) electrons. The molecule has 1 saturated heterocycles. The van der Waals surface area contributed by atoms with E-state index >= 15 is 0 Å². The first-order valence-corrected chi connectivity index (χ1v) is 7.70. The Kier molecular flexibility index (Phi) is 5.66. The third-order valence-corrected chi connectivity index (χ3v) is 3.60. The normalized spacial score (nSPS) is 17.2. The van der Waals surface area contributed by atoms with E-state index in [2.05, 4.69) is 25.1 Å². The van der Waals surface area contributed by atoms with Gasteiger partial charge in [-0.05, 0) is 18.6 Å². The maximum atomic E-state index is 6.12. The van der Waals surface area contributed by atoms with E-state index in [1.807, 2.05) is 38.0 Å². The highest BCUT2D eigenvalue weighted by Gasteiger charge is 2.18. The standard InChI is InChI=1S/C17H27N3O2/c1-13-6-7-14(11-18-17(19(2)3)20(4)5)16(10-13)22-15-8-9-21-12-15/h6-7,10,15H,8-9,11-12H2,1-5H3. The Morgan fingerprint density at radius 1 is 1.27 bits per heavy atom. The number of benzene rings is 1. The summed E-state index contributed by atoms with van der Waals surface area (Å²) in [6.45, 7) is 4.15. The molecule has 1 unspecified atom stereocenters. The van der Waals surface area contributed by atoms with Gasteiger partial charge in [0.2, 0.25) is 0 Å². The second-order valence-corrected chi connectivity index (χ2v) is 6.12. The van der Waals surface area contributed by atoms with Gasteiger partial charge in [0.1, 0.15) is 11.9 Å². The van der Waals surface area contributed by atoms with Gasteiger partial charge in [-0.3, -0.25) is 0 Å². The van der Waals surface area contributed by atoms with Crippen LogP contribution in [0.5, 0.6) is 5.75 Å². The molecule has 1 atom stereocenters. The molecule has 22 heavy (non-hydrogen) atoms. The van der Waals surface area contributed by atoms with E-state index in [0.29, 0.717) is 13.2 Å². The highest BCUT2D eigenvalue weighted by atomic mass is 16.5. The zero-order valence-corrected chi connectivity index (χ0v) is 14.3. The Morgan fingerprint density at radius 3 is 2.59 bits per heavy atom. The Bertz CT molecular complexity index is 511. The molecule has 1 fully saturated rings. The number of aliphatic imine (C=N–C) groups is 1. The Labute approximate surface area is 133 Å². The predicted molar refractivity (Wildman–Crippen MR) is 89.5 cm³/mol. The van der Waals surface area contributed by atoms with Crippen molar-refractivity contribution in [1.82, 2.24) is 9.80 Å². The van der Waals surface area contributed by atoms with Crippen molar-refractivity contribution < 1.29 is 9.47 Å². The third-order valence-electron chi connectivity index (χ3n) is 3.60. The van der Waals surface area contributed by atoms with E-state index in [1.165, 1.54) is 5.56 Å². The van der Waals surface area contributed by atoms with Gasteiger partial charge in [-0.25, -0.2) is 4.99 Å². The molecule has 2 rings (SSSR count). The summed E-state index contributed by atoms with van der Waals surface area (Å²) >= 11 is 0. The Hall–Kier alpha value is -1.75. The zero-order chi connectivity index (χ0) is 16.1. The van der Waals surface area contributed by atoms with E-state index < -0.39 is 0 Å². The minimum Gasteiger partial charge on any atom is -0.488 e. The lowest BCUT2D eigenvalue weighted by Gasteiger charge is -2.23. The quantitative estimate of drug-likeness (QED) is 0.631. The second kappa shape index (κ2) is 7.49. The number of aryl methyl sites for hydroxylation is 1. The van der Waals surface area contributed by atoms with Crippen LogP contribution < -0.4 is 4.74 Å². The van der Waals surface area contributed by atoms with E-state index in [9.17, 15) is 0 Å². The van der Waals surface area contributed by atoms with Crippen LogP contribution in [0.15, 0.2) is 23.2 Å². The van der Waals surface area contributed by atoms with Crippen LogP contribution in [0.25, 0.3) is 0 Å². The summed E-state index contributed by atoms with van der Waals surface area (Å²) in [5.74, 6) is 1.87. The monoisotopic (exact) mass is 305 g/mol. The van der Waals surface area contributed by atoms with Crippen LogP contribution >= 0.6 is 0 Å². The summed E-state index contributed by atoms with van der Waals surface area (Å²) in [4.78, 5) is 8.74. The molecule has 1 heterocycles. The summed E-state index contributed by atoms with van der Waals surface area (Å²) in [7, 11) is 8.00. The van der Waals surface area contributed by atoms with Gasteiger partial charge < -0.3 is 19.3 Å². The number of hydrogen-bond acceptors (Lipinski definition) is 3. The van der Waals surface area contributed by atoms with Gasteiger partial charge in [-0.15, -0.1) is 0 Å². The van der Waals surface area contributed by atoms with Crippen molar-refractivity contribution in [2.24, 2.45) is 4.99 Å². The molecule has 0 aromatic heterocycles. The SMILES string of the molecule is Cc1ccc(CN=C(N(C)C)N(C)C)c(OC2CCOC2)c1. The molecule has 1 aromatic carbocycles. The zero-order valence-electron chi connectivity index (χ0n) is 14.3. The lowest BCUT2D eigenvalue weighted by molar-refractivity contribution is 0.140. The lowest BCUT2D eigenvalue weighted by Crippen LogP contribution is -2.35. The molecule has 1 aliphatic heterocycles. The fraction of sp³-hybridized carbons (Fsp3) is 0.588. The first-order valence-electron chi connectivity index (χ1n) is 7.70. The van der Waals surface area contributed by atoms with Crippen molar-refractivity contribution in [2.45, 2.75) is 26.0 Å². The molecule has 5 nitrogen and oxygen atoms in total. The number of rotatable bonds is 4. The van der Waals surface area contributed by atoms with E-state index in [1.54, 1.807) is 0 Å². The number of guanidine groups is 1. The Balaban J connectivity index is 2.17. The molecule has 0 saturated carbocycles. The van der Waals surface area contributed by atoms with Crippen LogP contribution in [0.2, 0.25) is 0 Å². The van der Waals surface area contributed by atoms with Crippen molar-refractivity contribution in [3.05, 3.63) is 29.3 Å². The molecule has 0 N–H and O–H groups in total. The van der Waals surface area contributed by atoms with Gasteiger partial charge in [0.25, 0.3) is 0 Å². The average Bonchev–Trinajstić information content (AvgIpc) is 2.93. The highest BCUT2D eigenvalue weighted by molar-refractivity contribution is 5.79. The summed E-state index contributed by atoms with van der Waals surface area (Å²) < 4.78 is 11.5. The maximum absolute atomic E-state index is 6.12. The fourth-order valence-electron chi connectivity index (χ4n) is 2.53. The van der Waals surface area contributed by atoms with Crippen LogP contribution in [-0.4, -0.2) is 63.3 Å². The number of ether oxygens (including phenoxy) is 2. The topological polar surface area (TPSA) is 37.3 Å². The van der Waals surface area contributed by atoms with E-state index in [4.69, 9.17) is 14.5 Å². The van der Waals surface area contributed by atoms with Crippen LogP contribution in [0.1, 0.15) is 17.5 Å². The summed E-state index contributed by atoms with van der Waals surface area (Å²) in [5, 5.41) is 0. The van der Waals surface area contributed by atoms with Crippen LogP contribution in [0.4, 0.5) is 0 Å². The smallest absolute Gasteiger partial charge is 0.195 e. The minimum atomic E-state index is 0.159. The van der Waals surface area contributed by atoms with E-state index in [-0.39, 0.29) is 6.10 Å². The molecule has 0 aliphatic carbocycles. The average molecular weight is 305 g/mol. The van der Waals surface area contributed by atoms with Gasteiger partial charge in [0, 0.05) is 40.2 Å². The largest absolute Gasteiger partial charge is 0.488 e. The van der Waals surface area contributed by atoms with Crippen molar-refractivity contribution in [1.29, 1.82) is 0 Å². The van der Waals surface area contributed by atoms with Crippen LogP contribution in [0, 0.1) is 6.92 Å². The van der Waals surface area contributed by atoms with Crippen LogP contribution in [0.3, 0.4) is 0 Å². The molecule has 1 aliphatic rings. The molecular formula is C17H27N3O2. The summed E-state index contributed by atoms with van der Waals surface area (Å²) in [6, 6.07) is 6.30. The van der Waals surface area contributed by atoms with Gasteiger partial charge in [0.15, 0.2) is 5.96 Å². The van der Waals surface area contributed by atoms with Crippen molar-refractivity contribution in [2.75, 3.05) is 41.4 Å². The first kappa shape index (κ1) is 16.6. The summed E-state index contributed by atoms with van der Waals surface area (Å²) in [6.07, 6.45) is 1.11. The van der Waals surface area contributed by atoms with E-state index in [0.717, 1.165) is 30.3 Å². The molecular weight excluding hydrogens is 278 g/mol. The fourth-order valence-corrected chi connectivity index (χ4v) is 2.53. The van der Waals surface area contributed by atoms with Crippen molar-refractivity contribution in [3.8, 4) is 5.75 Å². The summed E-state index contributed by atoms with van der Waals surface area (Å²) in [5.41, 5.74) is 2.31. The van der Waals surface area contributed by atoms with Crippen molar-refractivity contribution >= 4 is 5.96 Å². The van der Waals surface area contributed by atoms with Gasteiger partial charge in [0.05, 0.1) is 19.8 Å². The predicted octanol–water partition coefficient (Wildman–Crippen LogP) is 2.14. The minimum absolute atomic E-state index is 0.159. The second-order valence-electron chi connectivity index (χ2n) is 6.12. The van der Waals surface area contributed by atoms with Gasteiger partial charge in [-0.1, -0.05) is 12.1 Å². The van der Waals surface area contributed by atoms with Crippen LogP contribution in [-0.2, 0) is 11.3 Å². The lowest BCUT2D eigenvalue weighted by atomic mass is 10.1. The number of nitrogens with zero attached hydrogens (tertiary/aromatic N) is 3. The van der Waals surface area contributed by atoms with Crippen molar-refractivity contribution in [3.63, 3.8) is 0 Å². The molecule has 0 amide bonds. The Morgan fingerprint density at radius 2 is 2.00 bits per heavy atom. The molecule has 0 spiro atoms. The third kappa shape index (κ3) is 4.37. The highest BCUT2D eigenvalue weighted by Crippen LogP contribution is 2.24. The molecule has 0 bridgehead atoms. The first-order chi connectivity index (χ1) is 10.5. The molecule has 5 heteroatoms. The van der Waals surface area contributed by atoms with Gasteiger partial charge >= 0.3 is 0 Å². The maximum Gasteiger partial charge on any atom is 0.195 e. The van der Waals surface area contributed by atoms with Gasteiger partial charge in [-0.2, -0.15) is 0 Å². The molecule has 1 aromatic rings. The number of hydrogen-bond donors (Lipinski definition) is 0.